The molecule has 0 radical (unpaired) electrons. The lowest BCUT2D eigenvalue weighted by molar-refractivity contribution is -0.167. The third-order valence-corrected chi connectivity index (χ3v) is 11.6. The van der Waals surface area contributed by atoms with E-state index in [9.17, 15) is 14.4 Å². The van der Waals surface area contributed by atoms with E-state index in [1.165, 1.54) is 154 Å². The summed E-state index contributed by atoms with van der Waals surface area (Å²) in [7, 11) is 0. The number of carbonyl (C=O) groups is 3. The summed E-state index contributed by atoms with van der Waals surface area (Å²) in [6, 6.07) is 0. The Labute approximate surface area is 390 Å². The van der Waals surface area contributed by atoms with Gasteiger partial charge in [0.1, 0.15) is 13.2 Å². The van der Waals surface area contributed by atoms with Gasteiger partial charge in [-0.25, -0.2) is 0 Å². The van der Waals surface area contributed by atoms with Crippen molar-refractivity contribution in [3.63, 3.8) is 0 Å². The zero-order valence-corrected chi connectivity index (χ0v) is 41.6. The first kappa shape index (κ1) is 60.1. The summed E-state index contributed by atoms with van der Waals surface area (Å²) >= 11 is 0. The molecule has 1 unspecified atom stereocenters. The monoisotopic (exact) mass is 881 g/mol. The minimum atomic E-state index is -0.789. The van der Waals surface area contributed by atoms with Crippen LogP contribution in [-0.2, 0) is 28.6 Å². The first-order valence-corrected chi connectivity index (χ1v) is 26.8. The van der Waals surface area contributed by atoms with Gasteiger partial charge >= 0.3 is 17.9 Å². The lowest BCUT2D eigenvalue weighted by Crippen LogP contribution is -2.30. The van der Waals surface area contributed by atoms with Crippen LogP contribution in [0.3, 0.4) is 0 Å². The van der Waals surface area contributed by atoms with Crippen LogP contribution in [0.5, 0.6) is 0 Å². The van der Waals surface area contributed by atoms with E-state index in [4.69, 9.17) is 14.2 Å². The van der Waals surface area contributed by atoms with E-state index in [1.807, 2.05) is 30.4 Å². The van der Waals surface area contributed by atoms with Crippen LogP contribution in [0.1, 0.15) is 265 Å². The van der Waals surface area contributed by atoms with Gasteiger partial charge in [-0.3, -0.25) is 14.4 Å². The molecular weight excluding hydrogens is 781 g/mol. The van der Waals surface area contributed by atoms with Crippen LogP contribution in [0.25, 0.3) is 0 Å². The van der Waals surface area contributed by atoms with Crippen LogP contribution in [0.4, 0.5) is 0 Å². The second-order valence-corrected chi connectivity index (χ2v) is 17.9. The van der Waals surface area contributed by atoms with Gasteiger partial charge in [-0.2, -0.15) is 0 Å². The predicted molar refractivity (Wildman–Crippen MR) is 270 cm³/mol. The van der Waals surface area contributed by atoms with Crippen molar-refractivity contribution in [1.29, 1.82) is 0 Å². The van der Waals surface area contributed by atoms with Gasteiger partial charge in [-0.05, 0) is 64.2 Å². The van der Waals surface area contributed by atoms with Gasteiger partial charge in [0.05, 0.1) is 0 Å². The molecule has 6 heteroatoms. The van der Waals surface area contributed by atoms with Crippen molar-refractivity contribution in [2.75, 3.05) is 13.2 Å². The van der Waals surface area contributed by atoms with Crippen molar-refractivity contribution in [1.82, 2.24) is 0 Å². The van der Waals surface area contributed by atoms with E-state index in [2.05, 4.69) is 51.2 Å². The van der Waals surface area contributed by atoms with Gasteiger partial charge in [0, 0.05) is 19.3 Å². The van der Waals surface area contributed by atoms with Gasteiger partial charge in [-0.1, -0.05) is 242 Å². The largest absolute Gasteiger partial charge is 0.462 e. The number of allylic oxidation sites excluding steroid dienone is 10. The van der Waals surface area contributed by atoms with Crippen molar-refractivity contribution in [3.05, 3.63) is 60.8 Å². The van der Waals surface area contributed by atoms with Crippen LogP contribution < -0.4 is 0 Å². The Balaban J connectivity index is 4.40. The summed E-state index contributed by atoms with van der Waals surface area (Å²) in [6.07, 6.45) is 63.5. The molecule has 0 rings (SSSR count). The van der Waals surface area contributed by atoms with Gasteiger partial charge in [0.15, 0.2) is 6.10 Å². The first-order chi connectivity index (χ1) is 31.0. The number of hydrogen-bond acceptors (Lipinski definition) is 6. The minimum Gasteiger partial charge on any atom is -0.462 e. The Morgan fingerprint density at radius 1 is 0.333 bits per heavy atom. The fraction of sp³-hybridized carbons (Fsp3) is 0.772. The summed E-state index contributed by atoms with van der Waals surface area (Å²) in [4.78, 5) is 38.0. The van der Waals surface area contributed by atoms with Crippen LogP contribution in [0.15, 0.2) is 60.8 Å². The molecule has 0 heterocycles. The van der Waals surface area contributed by atoms with Crippen molar-refractivity contribution in [2.24, 2.45) is 0 Å². The second kappa shape index (κ2) is 51.7. The average Bonchev–Trinajstić information content (AvgIpc) is 3.28. The van der Waals surface area contributed by atoms with Gasteiger partial charge < -0.3 is 14.2 Å². The molecule has 1 atom stereocenters. The van der Waals surface area contributed by atoms with E-state index >= 15 is 0 Å². The molecule has 0 saturated heterocycles. The Morgan fingerprint density at radius 3 is 1.03 bits per heavy atom. The molecule has 0 N–H and O–H groups in total. The topological polar surface area (TPSA) is 78.9 Å². The third kappa shape index (κ3) is 50.0. The molecule has 0 aromatic rings. The lowest BCUT2D eigenvalue weighted by atomic mass is 10.0. The molecule has 364 valence electrons. The van der Waals surface area contributed by atoms with Crippen molar-refractivity contribution in [3.8, 4) is 0 Å². The van der Waals surface area contributed by atoms with Crippen molar-refractivity contribution in [2.45, 2.75) is 271 Å². The fourth-order valence-corrected chi connectivity index (χ4v) is 7.57. The maximum absolute atomic E-state index is 12.8. The van der Waals surface area contributed by atoms with E-state index in [0.717, 1.165) is 70.6 Å². The molecule has 0 aliphatic carbocycles. The Kier molecular flexibility index (Phi) is 49.4. The summed E-state index contributed by atoms with van der Waals surface area (Å²) in [6.45, 7) is 6.47. The molecule has 0 amide bonds. The number of unbranched alkanes of at least 4 members (excludes halogenated alkanes) is 30. The van der Waals surface area contributed by atoms with E-state index in [1.54, 1.807) is 0 Å². The van der Waals surface area contributed by atoms with Gasteiger partial charge in [0.25, 0.3) is 0 Å². The molecular formula is C57H100O6. The van der Waals surface area contributed by atoms with Crippen LogP contribution in [0, 0.1) is 0 Å². The number of carbonyl (C=O) groups excluding carboxylic acids is 3. The maximum atomic E-state index is 12.8. The minimum absolute atomic E-state index is 0.0872. The van der Waals surface area contributed by atoms with Gasteiger partial charge in [0.2, 0.25) is 0 Å². The highest BCUT2D eigenvalue weighted by Gasteiger charge is 2.19. The van der Waals surface area contributed by atoms with Crippen LogP contribution >= 0.6 is 0 Å². The van der Waals surface area contributed by atoms with Crippen LogP contribution in [-0.4, -0.2) is 37.2 Å². The quantitative estimate of drug-likeness (QED) is 0.0199. The standard InChI is InChI=1S/C57H100O6/c1-4-7-10-13-16-19-22-25-27-28-30-32-35-38-41-44-47-50-56(59)62-53-54(52-61-55(58)49-46-43-40-37-34-31-24-21-18-15-12-9-6-3)63-57(60)51-48-45-42-39-36-33-29-26-23-20-17-14-11-8-5-2/h9,12,15,18,21,24-25,27,31,34,54H,4-8,10-11,13-14,16-17,19-20,22-23,26,28-30,32-33,35-53H2,1-3H3/b12-9+,18-15+,24-21+,27-25+,34-31+. The summed E-state index contributed by atoms with van der Waals surface area (Å²) < 4.78 is 16.8. The molecule has 0 aromatic heterocycles. The smallest absolute Gasteiger partial charge is 0.306 e. The molecule has 0 spiro atoms. The number of rotatable bonds is 48. The van der Waals surface area contributed by atoms with Gasteiger partial charge in [-0.15, -0.1) is 0 Å². The molecule has 0 aliphatic rings. The predicted octanol–water partition coefficient (Wildman–Crippen LogP) is 17.6. The summed E-state index contributed by atoms with van der Waals surface area (Å²) in [5, 5.41) is 0. The van der Waals surface area contributed by atoms with Crippen LogP contribution in [0.2, 0.25) is 0 Å². The Morgan fingerprint density at radius 2 is 0.635 bits per heavy atom. The maximum Gasteiger partial charge on any atom is 0.306 e. The molecule has 0 aliphatic heterocycles. The number of esters is 3. The molecule has 0 aromatic carbocycles. The second-order valence-electron chi connectivity index (χ2n) is 17.9. The SMILES string of the molecule is CC/C=C/C=C/C=C/C=C/CCCCCC(=O)OCC(COC(=O)CCCCCCCCC/C=C/CCCCCCCC)OC(=O)CCCCCCCCCCCCCCCCC. The van der Waals surface area contributed by atoms with Crippen molar-refractivity contribution >= 4 is 17.9 Å². The third-order valence-electron chi connectivity index (χ3n) is 11.6. The van der Waals surface area contributed by atoms with E-state index in [0.29, 0.717) is 19.3 Å². The highest BCUT2D eigenvalue weighted by molar-refractivity contribution is 5.71. The Bertz CT molecular complexity index is 1150. The molecule has 63 heavy (non-hydrogen) atoms. The summed E-state index contributed by atoms with van der Waals surface area (Å²) in [5.41, 5.74) is 0. The summed E-state index contributed by atoms with van der Waals surface area (Å²) in [5.74, 6) is -0.923. The van der Waals surface area contributed by atoms with E-state index in [-0.39, 0.29) is 31.1 Å². The fourth-order valence-electron chi connectivity index (χ4n) is 7.57. The van der Waals surface area contributed by atoms with Crippen molar-refractivity contribution < 1.29 is 28.6 Å². The zero-order valence-electron chi connectivity index (χ0n) is 41.6. The highest BCUT2D eigenvalue weighted by atomic mass is 16.6. The molecule has 0 bridgehead atoms. The molecule has 0 fully saturated rings. The lowest BCUT2D eigenvalue weighted by Gasteiger charge is -2.18. The first-order valence-electron chi connectivity index (χ1n) is 26.8. The normalized spacial score (nSPS) is 12.5. The number of ether oxygens (including phenoxy) is 3. The van der Waals surface area contributed by atoms with E-state index < -0.39 is 6.10 Å². The Hall–Kier alpha value is -2.89. The zero-order chi connectivity index (χ0) is 45.8. The molecule has 6 nitrogen and oxygen atoms in total. The average molecular weight is 881 g/mol. The highest BCUT2D eigenvalue weighted by Crippen LogP contribution is 2.16. The molecule has 0 saturated carbocycles. The number of hydrogen-bond donors (Lipinski definition) is 0.